The van der Waals surface area contributed by atoms with Crippen molar-refractivity contribution in [2.24, 2.45) is 16.3 Å². The fourth-order valence-corrected chi connectivity index (χ4v) is 14.6. The average Bonchev–Trinajstić information content (AvgIpc) is 1.63. The van der Waals surface area contributed by atoms with Crippen molar-refractivity contribution in [3.63, 3.8) is 0 Å². The van der Waals surface area contributed by atoms with E-state index in [1.807, 2.05) is 88.9 Å². The van der Waals surface area contributed by atoms with Gasteiger partial charge in [-0.2, -0.15) is 9.97 Å². The maximum atomic E-state index is 13.4. The Labute approximate surface area is 623 Å². The van der Waals surface area contributed by atoms with Crippen molar-refractivity contribution in [3.05, 3.63) is 179 Å². The smallest absolute Gasteiger partial charge is 0.478 e. The minimum Gasteiger partial charge on any atom is -0.478 e. The van der Waals surface area contributed by atoms with Gasteiger partial charge in [0.2, 0.25) is 0 Å². The molecule has 0 saturated heterocycles. The number of nitrogens with zero attached hydrogens (tertiary/aromatic N) is 7. The van der Waals surface area contributed by atoms with E-state index in [1.165, 1.54) is 41.0 Å². The summed E-state index contributed by atoms with van der Waals surface area (Å²) in [6.07, 6.45) is -0.493. The third-order valence-corrected chi connectivity index (χ3v) is 21.0. The first-order valence-electron chi connectivity index (χ1n) is 36.2. The van der Waals surface area contributed by atoms with Crippen molar-refractivity contribution >= 4 is 24.0 Å². The van der Waals surface area contributed by atoms with Gasteiger partial charge >= 0.3 is 37.0 Å². The van der Waals surface area contributed by atoms with E-state index < -0.39 is 46.9 Å². The number of ether oxygens (including phenoxy) is 8. The highest BCUT2D eigenvalue weighted by Gasteiger charge is 2.55. The zero-order valence-corrected chi connectivity index (χ0v) is 60.6. The third kappa shape index (κ3) is 16.9. The second kappa shape index (κ2) is 29.0. The molecule has 0 spiro atoms. The number of carbonyl (C=O) groups excluding carboxylic acids is 2. The largest absolute Gasteiger partial charge is 0.586 e. The molecule has 24 nitrogen and oxygen atoms in total. The highest BCUT2D eigenvalue weighted by Crippen LogP contribution is 2.54. The molecule has 2 amide bonds. The molecule has 3 aliphatic heterocycles. The van der Waals surface area contributed by atoms with Crippen LogP contribution in [-0.4, -0.2) is 132 Å². The predicted octanol–water partition coefficient (Wildman–Crippen LogP) is 16.3. The van der Waals surface area contributed by atoms with Crippen LogP contribution in [0, 0.1) is 5.41 Å². The van der Waals surface area contributed by atoms with Gasteiger partial charge in [0.1, 0.15) is 17.0 Å². The van der Waals surface area contributed by atoms with Gasteiger partial charge in [-0.15, -0.1) is 26.3 Å². The van der Waals surface area contributed by atoms with E-state index >= 15 is 0 Å². The van der Waals surface area contributed by atoms with Crippen molar-refractivity contribution < 1.29 is 98.0 Å². The van der Waals surface area contributed by atoms with Crippen LogP contribution in [0.3, 0.4) is 0 Å². The van der Waals surface area contributed by atoms with Crippen LogP contribution in [0.15, 0.2) is 160 Å². The number of carboxylic acid groups (broad SMARTS) is 1. The summed E-state index contributed by atoms with van der Waals surface area (Å²) in [6.45, 7) is 12.8. The molecule has 6 saturated carbocycles. The quantitative estimate of drug-likeness (QED) is 0.0204. The summed E-state index contributed by atoms with van der Waals surface area (Å²) in [7, 11) is 0. The van der Waals surface area contributed by atoms with Crippen LogP contribution in [0.5, 0.6) is 34.5 Å². The summed E-state index contributed by atoms with van der Waals surface area (Å²) in [4.78, 5) is 49.7. The number of benzene rings is 6. The van der Waals surface area contributed by atoms with E-state index in [0.717, 1.165) is 102 Å². The molecule has 2 aromatic heterocycles. The molecule has 6 fully saturated rings. The Morgan fingerprint density at radius 3 is 1.31 bits per heavy atom. The Bertz CT molecular complexity index is 4660. The van der Waals surface area contributed by atoms with Gasteiger partial charge in [0.15, 0.2) is 46.1 Å². The topological polar surface area (TPSA) is 300 Å². The lowest BCUT2D eigenvalue weighted by atomic mass is 9.67. The molecule has 5 N–H and O–H groups in total. The second-order valence-electron chi connectivity index (χ2n) is 31.1. The number of hydrogen-bond acceptors (Lipinski definition) is 20. The van der Waals surface area contributed by atoms with Crippen LogP contribution in [-0.2, 0) is 20.3 Å². The predicted molar refractivity (Wildman–Crippen MR) is 379 cm³/mol. The fraction of sp³-hybridized carbons (Fsp3) is 0.443. The summed E-state index contributed by atoms with van der Waals surface area (Å²) in [5.74, 6) is 1.12. The number of hydrogen-bond donors (Lipinski definition) is 4. The van der Waals surface area contributed by atoms with E-state index in [4.69, 9.17) is 29.4 Å². The molecule has 3 unspecified atom stereocenters. The molecule has 17 rings (SSSR count). The van der Waals surface area contributed by atoms with E-state index in [-0.39, 0.29) is 93.3 Å². The number of nitrogens with two attached hydrogens (primary N) is 1. The zero-order valence-electron chi connectivity index (χ0n) is 60.6. The first kappa shape index (κ1) is 75.0. The fourth-order valence-electron chi connectivity index (χ4n) is 14.6. The van der Waals surface area contributed by atoms with Crippen LogP contribution in [0.25, 0.3) is 22.9 Å². The molecule has 0 bridgehead atoms. The van der Waals surface area contributed by atoms with Crippen molar-refractivity contribution in [2.75, 3.05) is 19.6 Å². The van der Waals surface area contributed by atoms with Gasteiger partial charge in [-0.25, -0.2) is 14.4 Å². The Hall–Kier alpha value is -10.8. The molecule has 6 aromatic carbocycles. The first-order valence-corrected chi connectivity index (χ1v) is 36.2. The van der Waals surface area contributed by atoms with E-state index in [0.29, 0.717) is 53.7 Å². The van der Waals surface area contributed by atoms with Gasteiger partial charge in [-0.1, -0.05) is 126 Å². The number of halogens is 6. The number of carbonyl (C=O) groups is 3. The van der Waals surface area contributed by atoms with Gasteiger partial charge in [0.25, 0.3) is 11.8 Å². The lowest BCUT2D eigenvalue weighted by Gasteiger charge is -2.44. The Balaban J connectivity index is 0.000000127. The summed E-state index contributed by atoms with van der Waals surface area (Å²) in [6, 6.07) is 43.6. The van der Waals surface area contributed by atoms with E-state index in [1.54, 1.807) is 17.0 Å². The number of carboxylic acids is 1. The SMILES string of the molecule is CC(C)(C)OC(=O)N(CC1(C(N)=NO)CCC1)[C@H]1CC1c1ccccc1.CC(C)(C)OC(=O)N(CC1(c2noc(-c3ccc4c(c3)OC(F)(F)O4)n2)CCC1)[C@H]1CC1c1ccccc1.FC1(F)Oc2ccc(-c3nc(C4(CN[C@H]5CC5c5ccccc5)CCC4)no3)cc2O1.O=C(O)c1ccc2c(c1)OC(F)(F)O2. The van der Waals surface area contributed by atoms with E-state index in [9.17, 15) is 45.9 Å². The van der Waals surface area contributed by atoms with Crippen LogP contribution < -0.4 is 39.5 Å². The van der Waals surface area contributed by atoms with E-state index in [2.05, 4.69) is 108 Å². The number of amides is 2. The van der Waals surface area contributed by atoms with Gasteiger partial charge in [0.05, 0.1) is 11.0 Å². The molecule has 9 aliphatic rings. The summed E-state index contributed by atoms with van der Waals surface area (Å²) in [5, 5.41) is 33.2. The Morgan fingerprint density at radius 2 is 0.917 bits per heavy atom. The van der Waals surface area contributed by atoms with Crippen molar-refractivity contribution in [1.29, 1.82) is 0 Å². The van der Waals surface area contributed by atoms with Gasteiger partial charge < -0.3 is 78.1 Å². The number of rotatable bonds is 18. The van der Waals surface area contributed by atoms with Crippen LogP contribution in [0.2, 0.25) is 0 Å². The van der Waals surface area contributed by atoms with Crippen molar-refractivity contribution in [3.8, 4) is 57.4 Å². The maximum absolute atomic E-state index is 13.4. The highest BCUT2D eigenvalue weighted by molar-refractivity contribution is 5.89. The summed E-state index contributed by atoms with van der Waals surface area (Å²) < 4.78 is 127. The molecule has 109 heavy (non-hydrogen) atoms. The number of fused-ring (bicyclic) bond motifs is 3. The monoisotopic (exact) mass is 1510 g/mol. The van der Waals surface area contributed by atoms with Gasteiger partial charge in [-0.05, 0) is 171 Å². The summed E-state index contributed by atoms with van der Waals surface area (Å²) >= 11 is 0. The molecule has 5 heterocycles. The maximum Gasteiger partial charge on any atom is 0.586 e. The molecule has 6 aliphatic carbocycles. The molecule has 6 atom stereocenters. The molecular weight excluding hydrogens is 1430 g/mol. The first-order chi connectivity index (χ1) is 51.8. The minimum absolute atomic E-state index is 0.00874. The van der Waals surface area contributed by atoms with Crippen LogP contribution in [0.4, 0.5) is 35.9 Å². The van der Waals surface area contributed by atoms with Crippen molar-refractivity contribution in [2.45, 2.75) is 195 Å². The third-order valence-electron chi connectivity index (χ3n) is 21.0. The van der Waals surface area contributed by atoms with Gasteiger partial charge in [0, 0.05) is 77.5 Å². The zero-order chi connectivity index (χ0) is 77.1. The number of oxime groups is 1. The lowest BCUT2D eigenvalue weighted by Crippen LogP contribution is -2.53. The minimum atomic E-state index is -3.71. The number of aromatic carboxylic acids is 1. The molecule has 30 heteroatoms. The molecule has 576 valence electrons. The molecule has 0 radical (unpaired) electrons. The Morgan fingerprint density at radius 1 is 0.523 bits per heavy atom. The summed E-state index contributed by atoms with van der Waals surface area (Å²) in [5.41, 5.74) is 8.36. The standard InChI is InChI=1S/C28H29F2N3O5.C23H21F2N3O3.C20H29N3O3.C8H4F2O4/c1-26(2,3)37-25(34)33(20-15-19(20)17-8-5-4-6-9-17)16-27(12-7-13-27)24-31-23(38-32-24)18-10-11-21-22(14-18)36-28(29,30)35-21;24-23(25)29-18-8-7-15(11-19(18)30-23)20-27-21(28-31-20)22(9-4-10-22)13-26-17-12-16(17)14-5-2-1-3-6-14;1-19(2,3)26-18(24)23(13-20(10-7-11-20)17(21)22-25)16-12-15(16)14-8-5-4-6-9-14;9-8(10)13-5-2-1-4(7(11)12)3-6(5)14-8/h4-6,8-11,14,19-20H,7,12-13,15-16H2,1-3H3;1-3,5-8,11,16-17,26H,4,9-10,12-13H2;4-6,8-9,15-16,25H,7,10-13H2,1-3H3,(H2,21,22);1-3H,(H,11,12)/t19?,20-;16?,17-;15?,16-;/m000./s1. The number of nitrogens with one attached hydrogen (secondary N) is 1. The molecular formula is C79H83F6N9O15. The van der Waals surface area contributed by atoms with Gasteiger partial charge in [-0.3, -0.25) is 0 Å². The van der Waals surface area contributed by atoms with Crippen molar-refractivity contribution in [1.82, 2.24) is 35.4 Å². The molecule has 8 aromatic rings. The number of alkyl halides is 6. The van der Waals surface area contributed by atoms with Crippen LogP contribution in [0.1, 0.15) is 175 Å². The Kier molecular flexibility index (Phi) is 20.0. The normalized spacial score (nSPS) is 22.8. The second-order valence-corrected chi connectivity index (χ2v) is 31.1. The highest BCUT2D eigenvalue weighted by atomic mass is 19.3. The van der Waals surface area contributed by atoms with Crippen LogP contribution >= 0.6 is 0 Å². The average molecular weight is 1510 g/mol. The number of aromatic nitrogens is 4. The lowest BCUT2D eigenvalue weighted by molar-refractivity contribution is -0.287. The number of amidine groups is 1.